The molecule has 1 aromatic carbocycles. The lowest BCUT2D eigenvalue weighted by Crippen LogP contribution is -2.33. The molecule has 0 N–H and O–H groups in total. The van der Waals surface area contributed by atoms with Crippen LogP contribution in [-0.2, 0) is 6.18 Å². The molecule has 4 nitrogen and oxygen atoms in total. The number of alkyl halides is 3. The standard InChI is InChI=1S/C22H20BrF3N4/c1-13-12-30(18-4-3-16(10-17(18)23)22(24,25)26)21-20(13)19(9-14(2)28-21)29-7-5-15(11-27)6-8-29/h3-4,9-10,12,15H,5-8H2,1-2H3. The molecular weight excluding hydrogens is 457 g/mol. The molecule has 0 bridgehead atoms. The summed E-state index contributed by atoms with van der Waals surface area (Å²) in [4.78, 5) is 6.99. The van der Waals surface area contributed by atoms with E-state index in [2.05, 4.69) is 26.9 Å². The minimum absolute atomic E-state index is 0.0912. The first-order valence-corrected chi connectivity index (χ1v) is 10.5. The van der Waals surface area contributed by atoms with Gasteiger partial charge in [0.25, 0.3) is 0 Å². The summed E-state index contributed by atoms with van der Waals surface area (Å²) in [7, 11) is 0. The summed E-state index contributed by atoms with van der Waals surface area (Å²) in [6.45, 7) is 5.50. The van der Waals surface area contributed by atoms with Crippen LogP contribution in [0.4, 0.5) is 18.9 Å². The third kappa shape index (κ3) is 3.67. The number of aryl methyl sites for hydroxylation is 2. The molecule has 1 saturated heterocycles. The number of halogens is 4. The number of nitriles is 1. The van der Waals surface area contributed by atoms with Crippen molar-refractivity contribution in [1.82, 2.24) is 9.55 Å². The van der Waals surface area contributed by atoms with Gasteiger partial charge in [0, 0.05) is 46.4 Å². The quantitative estimate of drug-likeness (QED) is 0.444. The van der Waals surface area contributed by atoms with Crippen LogP contribution in [0.15, 0.2) is 34.9 Å². The molecule has 3 heterocycles. The fourth-order valence-corrected chi connectivity index (χ4v) is 4.64. The number of hydrogen-bond acceptors (Lipinski definition) is 3. The van der Waals surface area contributed by atoms with E-state index in [9.17, 15) is 18.4 Å². The van der Waals surface area contributed by atoms with Crippen molar-refractivity contribution in [2.24, 2.45) is 5.92 Å². The Kier molecular flexibility index (Phi) is 5.27. The zero-order valence-electron chi connectivity index (χ0n) is 16.6. The van der Waals surface area contributed by atoms with Crippen LogP contribution in [0.25, 0.3) is 16.7 Å². The molecule has 2 aromatic heterocycles. The molecule has 0 amide bonds. The van der Waals surface area contributed by atoms with Crippen LogP contribution in [0.5, 0.6) is 0 Å². The molecule has 0 radical (unpaired) electrons. The second kappa shape index (κ2) is 7.62. The van der Waals surface area contributed by atoms with Gasteiger partial charge < -0.3 is 4.90 Å². The number of piperidine rings is 1. The molecule has 3 aromatic rings. The Morgan fingerprint density at radius 3 is 2.43 bits per heavy atom. The second-order valence-electron chi connectivity index (χ2n) is 7.72. The predicted molar refractivity (Wildman–Crippen MR) is 114 cm³/mol. The monoisotopic (exact) mass is 476 g/mol. The zero-order valence-corrected chi connectivity index (χ0v) is 18.2. The van der Waals surface area contributed by atoms with Crippen molar-refractivity contribution in [3.63, 3.8) is 0 Å². The average Bonchev–Trinajstić information content (AvgIpc) is 3.02. The molecule has 0 spiro atoms. The fraction of sp³-hybridized carbons (Fsp3) is 0.364. The third-order valence-electron chi connectivity index (χ3n) is 5.61. The molecular formula is C22H20BrF3N4. The normalized spacial score (nSPS) is 15.6. The summed E-state index contributed by atoms with van der Waals surface area (Å²) in [5.74, 6) is 0.0912. The Morgan fingerprint density at radius 2 is 1.83 bits per heavy atom. The van der Waals surface area contributed by atoms with Gasteiger partial charge in [-0.25, -0.2) is 4.98 Å². The van der Waals surface area contributed by atoms with Crippen LogP contribution in [0.3, 0.4) is 0 Å². The van der Waals surface area contributed by atoms with E-state index in [1.54, 1.807) is 0 Å². The van der Waals surface area contributed by atoms with Gasteiger partial charge in [0.15, 0.2) is 0 Å². The van der Waals surface area contributed by atoms with Crippen LogP contribution in [0.1, 0.15) is 29.7 Å². The summed E-state index contributed by atoms with van der Waals surface area (Å²) in [6.07, 6.45) is -0.837. The summed E-state index contributed by atoms with van der Waals surface area (Å²) in [6, 6.07) is 8.06. The Morgan fingerprint density at radius 1 is 1.13 bits per heavy atom. The van der Waals surface area contributed by atoms with Crippen molar-refractivity contribution in [1.29, 1.82) is 5.26 Å². The van der Waals surface area contributed by atoms with Crippen LogP contribution in [0.2, 0.25) is 0 Å². The topological polar surface area (TPSA) is 44.9 Å². The van der Waals surface area contributed by atoms with Gasteiger partial charge in [-0.2, -0.15) is 18.4 Å². The van der Waals surface area contributed by atoms with Crippen LogP contribution in [0, 0.1) is 31.1 Å². The van der Waals surface area contributed by atoms with Gasteiger partial charge in [0.1, 0.15) is 5.65 Å². The van der Waals surface area contributed by atoms with Crippen molar-refractivity contribution in [3.8, 4) is 11.8 Å². The molecule has 30 heavy (non-hydrogen) atoms. The van der Waals surface area contributed by atoms with Crippen LogP contribution < -0.4 is 4.90 Å². The second-order valence-corrected chi connectivity index (χ2v) is 8.57. The third-order valence-corrected chi connectivity index (χ3v) is 6.24. The number of aromatic nitrogens is 2. The van der Waals surface area contributed by atoms with E-state index in [0.717, 1.165) is 60.4 Å². The molecule has 0 unspecified atom stereocenters. The first-order chi connectivity index (χ1) is 14.2. The molecule has 8 heteroatoms. The largest absolute Gasteiger partial charge is 0.416 e. The summed E-state index contributed by atoms with van der Waals surface area (Å²) in [5, 5.41) is 10.2. The maximum atomic E-state index is 13.1. The van der Waals surface area contributed by atoms with Gasteiger partial charge in [-0.05, 0) is 72.4 Å². The number of fused-ring (bicyclic) bond motifs is 1. The fourth-order valence-electron chi connectivity index (χ4n) is 4.07. The molecule has 0 saturated carbocycles. The highest BCUT2D eigenvalue weighted by Crippen LogP contribution is 2.38. The number of hydrogen-bond donors (Lipinski definition) is 0. The Bertz CT molecular complexity index is 1150. The summed E-state index contributed by atoms with van der Waals surface area (Å²) in [5.41, 5.74) is 3.52. The first-order valence-electron chi connectivity index (χ1n) is 9.70. The number of pyridine rings is 1. The Hall–Kier alpha value is -2.53. The number of rotatable bonds is 2. The van der Waals surface area contributed by atoms with Gasteiger partial charge in [-0.3, -0.25) is 4.57 Å². The molecule has 0 aliphatic carbocycles. The highest BCUT2D eigenvalue weighted by Gasteiger charge is 2.31. The number of benzene rings is 1. The molecule has 1 aliphatic rings. The SMILES string of the molecule is Cc1cc(N2CCC(C#N)CC2)c2c(C)cn(-c3ccc(C(F)(F)F)cc3Br)c2n1. The van der Waals surface area contributed by atoms with Crippen LogP contribution in [-0.4, -0.2) is 22.6 Å². The average molecular weight is 477 g/mol. The smallest absolute Gasteiger partial charge is 0.371 e. The molecule has 4 rings (SSSR count). The van der Waals surface area contributed by atoms with Crippen molar-refractivity contribution >= 4 is 32.7 Å². The minimum atomic E-state index is -4.40. The zero-order chi connectivity index (χ0) is 21.6. The summed E-state index contributed by atoms with van der Waals surface area (Å²) < 4.78 is 41.4. The van der Waals surface area contributed by atoms with Crippen molar-refractivity contribution < 1.29 is 13.2 Å². The van der Waals surface area contributed by atoms with Gasteiger partial charge in [0.05, 0.1) is 17.3 Å². The highest BCUT2D eigenvalue weighted by atomic mass is 79.9. The van der Waals surface area contributed by atoms with Crippen molar-refractivity contribution in [2.75, 3.05) is 18.0 Å². The lowest BCUT2D eigenvalue weighted by atomic mass is 9.97. The van der Waals surface area contributed by atoms with Gasteiger partial charge in [0.2, 0.25) is 0 Å². The van der Waals surface area contributed by atoms with E-state index < -0.39 is 11.7 Å². The van der Waals surface area contributed by atoms with E-state index in [4.69, 9.17) is 4.98 Å². The van der Waals surface area contributed by atoms with Gasteiger partial charge >= 0.3 is 6.18 Å². The predicted octanol–water partition coefficient (Wildman–Crippen LogP) is 6.16. The molecule has 1 aliphatic heterocycles. The number of anilines is 1. The lowest BCUT2D eigenvalue weighted by molar-refractivity contribution is -0.137. The van der Waals surface area contributed by atoms with Gasteiger partial charge in [-0.15, -0.1) is 0 Å². The van der Waals surface area contributed by atoms with E-state index in [1.165, 1.54) is 6.07 Å². The van der Waals surface area contributed by atoms with E-state index in [-0.39, 0.29) is 5.92 Å². The van der Waals surface area contributed by atoms with Crippen molar-refractivity contribution in [3.05, 3.63) is 51.8 Å². The van der Waals surface area contributed by atoms with E-state index in [0.29, 0.717) is 15.8 Å². The van der Waals surface area contributed by atoms with Gasteiger partial charge in [-0.1, -0.05) is 0 Å². The van der Waals surface area contributed by atoms with Crippen LogP contribution >= 0.6 is 15.9 Å². The summed E-state index contributed by atoms with van der Waals surface area (Å²) >= 11 is 3.31. The number of nitrogens with zero attached hydrogens (tertiary/aromatic N) is 4. The maximum Gasteiger partial charge on any atom is 0.416 e. The Balaban J connectivity index is 1.83. The minimum Gasteiger partial charge on any atom is -0.371 e. The van der Waals surface area contributed by atoms with E-state index in [1.807, 2.05) is 30.7 Å². The lowest BCUT2D eigenvalue weighted by Gasteiger charge is -2.32. The molecule has 0 atom stereocenters. The van der Waals surface area contributed by atoms with E-state index >= 15 is 0 Å². The highest BCUT2D eigenvalue weighted by molar-refractivity contribution is 9.10. The van der Waals surface area contributed by atoms with Crippen molar-refractivity contribution in [2.45, 2.75) is 32.9 Å². The Labute approximate surface area is 181 Å². The maximum absolute atomic E-state index is 13.1. The molecule has 1 fully saturated rings. The molecule has 156 valence electrons. The first kappa shape index (κ1) is 20.7.